The Labute approximate surface area is 135 Å². The van der Waals surface area contributed by atoms with Crippen molar-refractivity contribution in [2.45, 2.75) is 47.1 Å². The molecule has 1 aliphatic rings. The lowest BCUT2D eigenvalue weighted by Gasteiger charge is -2.37. The predicted molar refractivity (Wildman–Crippen MR) is 90.2 cm³/mol. The van der Waals surface area contributed by atoms with Crippen LogP contribution < -0.4 is 0 Å². The highest BCUT2D eigenvalue weighted by Crippen LogP contribution is 2.34. The van der Waals surface area contributed by atoms with Crippen LogP contribution in [0.5, 0.6) is 0 Å². The molecule has 0 aromatic carbocycles. The van der Waals surface area contributed by atoms with Gasteiger partial charge in [0, 0.05) is 11.4 Å². The summed E-state index contributed by atoms with van der Waals surface area (Å²) in [4.78, 5) is 14.0. The summed E-state index contributed by atoms with van der Waals surface area (Å²) in [5, 5.41) is 1.63. The summed E-state index contributed by atoms with van der Waals surface area (Å²) >= 11 is 8.11. The first kappa shape index (κ1) is 15.2. The Kier molecular flexibility index (Phi) is 3.97. The molecule has 0 radical (unpaired) electrons. The van der Waals surface area contributed by atoms with Gasteiger partial charge in [0.15, 0.2) is 0 Å². The van der Waals surface area contributed by atoms with Crippen molar-refractivity contribution < 1.29 is 0 Å². The molecule has 3 heterocycles. The van der Waals surface area contributed by atoms with E-state index in [4.69, 9.17) is 16.6 Å². The Morgan fingerprint density at radius 1 is 1.29 bits per heavy atom. The highest BCUT2D eigenvalue weighted by Gasteiger charge is 2.27. The minimum absolute atomic E-state index is 0.391. The molecule has 3 rings (SSSR count). The number of piperidine rings is 1. The summed E-state index contributed by atoms with van der Waals surface area (Å²) in [6.45, 7) is 11.9. The molecule has 21 heavy (non-hydrogen) atoms. The van der Waals surface area contributed by atoms with Crippen LogP contribution in [0.3, 0.4) is 0 Å². The Morgan fingerprint density at radius 2 is 2.05 bits per heavy atom. The summed E-state index contributed by atoms with van der Waals surface area (Å²) < 4.78 is 0. The van der Waals surface area contributed by atoms with E-state index in [2.05, 4.69) is 37.6 Å². The molecule has 0 bridgehead atoms. The topological polar surface area (TPSA) is 29.0 Å². The number of thiophene rings is 1. The third kappa shape index (κ3) is 3.08. The molecule has 3 nitrogen and oxygen atoms in total. The smallest absolute Gasteiger partial charge is 0.145 e. The summed E-state index contributed by atoms with van der Waals surface area (Å²) in [6.07, 6.45) is 2.55. The van der Waals surface area contributed by atoms with Crippen molar-refractivity contribution in [2.24, 2.45) is 5.41 Å². The molecule has 0 amide bonds. The molecule has 0 unspecified atom stereocenters. The lowest BCUT2D eigenvalue weighted by molar-refractivity contribution is 0.109. The largest absolute Gasteiger partial charge is 0.295 e. The van der Waals surface area contributed by atoms with Crippen molar-refractivity contribution in [1.29, 1.82) is 0 Å². The van der Waals surface area contributed by atoms with E-state index in [0.29, 0.717) is 10.6 Å². The van der Waals surface area contributed by atoms with Crippen LogP contribution in [-0.4, -0.2) is 28.0 Å². The van der Waals surface area contributed by atoms with E-state index < -0.39 is 0 Å². The van der Waals surface area contributed by atoms with Crippen LogP contribution in [0, 0.1) is 19.3 Å². The molecule has 0 N–H and O–H groups in total. The maximum atomic E-state index is 6.39. The zero-order valence-corrected chi connectivity index (χ0v) is 14.7. The van der Waals surface area contributed by atoms with Crippen LogP contribution in [0.4, 0.5) is 0 Å². The van der Waals surface area contributed by atoms with Crippen molar-refractivity contribution in [3.63, 3.8) is 0 Å². The van der Waals surface area contributed by atoms with E-state index in [9.17, 15) is 0 Å². The van der Waals surface area contributed by atoms with Gasteiger partial charge in [0.1, 0.15) is 15.8 Å². The number of hydrogen-bond acceptors (Lipinski definition) is 4. The molecule has 0 spiro atoms. The van der Waals surface area contributed by atoms with Gasteiger partial charge in [0.25, 0.3) is 0 Å². The van der Waals surface area contributed by atoms with Gasteiger partial charge in [0.05, 0.1) is 11.9 Å². The number of aromatic nitrogens is 2. The van der Waals surface area contributed by atoms with Gasteiger partial charge in [-0.15, -0.1) is 11.3 Å². The lowest BCUT2D eigenvalue weighted by atomic mass is 9.84. The molecule has 1 fully saturated rings. The van der Waals surface area contributed by atoms with Crippen molar-refractivity contribution >= 4 is 33.2 Å². The van der Waals surface area contributed by atoms with Gasteiger partial charge in [-0.1, -0.05) is 25.4 Å². The van der Waals surface area contributed by atoms with Gasteiger partial charge < -0.3 is 0 Å². The van der Waals surface area contributed by atoms with Crippen molar-refractivity contribution in [2.75, 3.05) is 13.1 Å². The van der Waals surface area contributed by atoms with Gasteiger partial charge in [0.2, 0.25) is 0 Å². The van der Waals surface area contributed by atoms with E-state index in [-0.39, 0.29) is 0 Å². The minimum atomic E-state index is 0.391. The van der Waals surface area contributed by atoms with Gasteiger partial charge >= 0.3 is 0 Å². The molecule has 0 atom stereocenters. The standard InChI is InChI=1S/C16H22ClN3S/c1-10-11(2)21-15-13(10)14(17)18-12(19-15)8-20-7-5-6-16(3,4)9-20/h5-9H2,1-4H3. The fraction of sp³-hybridized carbons (Fsp3) is 0.625. The summed E-state index contributed by atoms with van der Waals surface area (Å²) in [6, 6.07) is 0. The molecule has 0 saturated carbocycles. The van der Waals surface area contributed by atoms with E-state index >= 15 is 0 Å². The fourth-order valence-electron chi connectivity index (χ4n) is 3.19. The monoisotopic (exact) mass is 323 g/mol. The number of aryl methyl sites for hydroxylation is 2. The Bertz CT molecular complexity index is 678. The van der Waals surface area contributed by atoms with E-state index in [1.165, 1.54) is 23.3 Å². The highest BCUT2D eigenvalue weighted by molar-refractivity contribution is 7.18. The van der Waals surface area contributed by atoms with Crippen molar-refractivity contribution in [3.8, 4) is 0 Å². The first-order chi connectivity index (χ1) is 9.85. The summed E-state index contributed by atoms with van der Waals surface area (Å²) in [5.74, 6) is 0.853. The first-order valence-corrected chi connectivity index (χ1v) is 8.70. The second kappa shape index (κ2) is 5.49. The Balaban J connectivity index is 1.88. The molecular weight excluding hydrogens is 302 g/mol. The highest BCUT2D eigenvalue weighted by atomic mass is 35.5. The number of halogens is 1. The van der Waals surface area contributed by atoms with Gasteiger partial charge in [-0.3, -0.25) is 4.90 Å². The van der Waals surface area contributed by atoms with Crippen LogP contribution in [-0.2, 0) is 6.54 Å². The van der Waals surface area contributed by atoms with Crippen LogP contribution in [0.15, 0.2) is 0 Å². The Morgan fingerprint density at radius 3 is 2.76 bits per heavy atom. The zero-order chi connectivity index (χ0) is 15.2. The average molecular weight is 324 g/mol. The van der Waals surface area contributed by atoms with E-state index in [1.54, 1.807) is 11.3 Å². The fourth-order valence-corrected chi connectivity index (χ4v) is 4.63. The normalized spacial score (nSPS) is 19.3. The lowest BCUT2D eigenvalue weighted by Crippen LogP contribution is -2.39. The second-order valence-corrected chi connectivity index (χ2v) is 8.43. The maximum Gasteiger partial charge on any atom is 0.145 e. The SMILES string of the molecule is Cc1sc2nc(CN3CCCC(C)(C)C3)nc(Cl)c2c1C. The molecule has 0 aliphatic carbocycles. The zero-order valence-electron chi connectivity index (χ0n) is 13.2. The van der Waals surface area contributed by atoms with Gasteiger partial charge in [-0.2, -0.15) is 0 Å². The second-order valence-electron chi connectivity index (χ2n) is 6.87. The summed E-state index contributed by atoms with van der Waals surface area (Å²) in [5.41, 5.74) is 1.60. The minimum Gasteiger partial charge on any atom is -0.295 e. The van der Waals surface area contributed by atoms with Crippen LogP contribution >= 0.6 is 22.9 Å². The molecule has 1 aliphatic heterocycles. The average Bonchev–Trinajstić information content (AvgIpc) is 2.63. The quantitative estimate of drug-likeness (QED) is 0.757. The first-order valence-electron chi connectivity index (χ1n) is 7.50. The summed E-state index contributed by atoms with van der Waals surface area (Å²) in [7, 11) is 0. The molecular formula is C16H22ClN3S. The maximum absolute atomic E-state index is 6.39. The van der Waals surface area contributed by atoms with Crippen LogP contribution in [0.1, 0.15) is 43.0 Å². The third-order valence-corrected chi connectivity index (χ3v) is 5.75. The molecule has 114 valence electrons. The number of likely N-dealkylation sites (tertiary alicyclic amines) is 1. The van der Waals surface area contributed by atoms with Crippen LogP contribution in [0.25, 0.3) is 10.2 Å². The molecule has 2 aromatic rings. The number of fused-ring (bicyclic) bond motifs is 1. The van der Waals surface area contributed by atoms with Crippen LogP contribution in [0.2, 0.25) is 5.15 Å². The number of rotatable bonds is 2. The molecule has 2 aromatic heterocycles. The number of hydrogen-bond donors (Lipinski definition) is 0. The third-order valence-electron chi connectivity index (χ3n) is 4.38. The van der Waals surface area contributed by atoms with E-state index in [0.717, 1.165) is 35.7 Å². The van der Waals surface area contributed by atoms with Crippen molar-refractivity contribution in [1.82, 2.24) is 14.9 Å². The van der Waals surface area contributed by atoms with E-state index in [1.807, 2.05) is 0 Å². The van der Waals surface area contributed by atoms with Gasteiger partial charge in [-0.05, 0) is 44.2 Å². The Hall–Kier alpha value is -0.710. The molecule has 5 heteroatoms. The van der Waals surface area contributed by atoms with Crippen molar-refractivity contribution in [3.05, 3.63) is 21.4 Å². The molecule has 1 saturated heterocycles. The van der Waals surface area contributed by atoms with Gasteiger partial charge in [-0.25, -0.2) is 9.97 Å². The number of nitrogens with zero attached hydrogens (tertiary/aromatic N) is 3. The predicted octanol–water partition coefficient (Wildman–Crippen LogP) is 4.58.